The van der Waals surface area contributed by atoms with Gasteiger partial charge in [0, 0.05) is 17.7 Å². The molecule has 0 aliphatic rings. The Kier molecular flexibility index (Phi) is 4.64. The fourth-order valence-electron chi connectivity index (χ4n) is 2.16. The molecule has 0 bridgehead atoms. The molecular weight excluding hydrogens is 314 g/mol. The molecule has 3 heteroatoms. The maximum Gasteiger partial charge on any atom is 0.227 e. The Bertz CT molecular complexity index is 725. The molecule has 0 atom stereocenters. The van der Waals surface area contributed by atoms with Gasteiger partial charge in [0.05, 0.1) is 0 Å². The lowest BCUT2D eigenvalue weighted by Crippen LogP contribution is -2.36. The lowest BCUT2D eigenvalue weighted by atomic mass is 10.0. The summed E-state index contributed by atoms with van der Waals surface area (Å²) >= 11 is 0. The summed E-state index contributed by atoms with van der Waals surface area (Å²) in [5, 5.41) is 2.26. The normalized spacial score (nSPS) is 10.0. The minimum Gasteiger partial charge on any atom is -0.287 e. The maximum absolute atomic E-state index is 12.2. The molecule has 100 valence electrons. The predicted octanol–water partition coefficient (Wildman–Crippen LogP) is 3.59. The summed E-state index contributed by atoms with van der Waals surface area (Å²) in [4.78, 5) is 12.2. The number of fused-ring (bicyclic) bond motifs is 1. The van der Waals surface area contributed by atoms with Crippen molar-refractivity contribution in [1.82, 2.24) is 0 Å². The molecule has 3 aromatic rings. The van der Waals surface area contributed by atoms with E-state index in [9.17, 15) is 4.79 Å². The molecule has 1 aromatic heterocycles. The number of hydrogen-bond acceptors (Lipinski definition) is 1. The molecule has 0 fully saturated rings. The molecule has 0 saturated heterocycles. The van der Waals surface area contributed by atoms with Crippen molar-refractivity contribution in [3.63, 3.8) is 0 Å². The molecule has 0 N–H and O–H groups in total. The Morgan fingerprint density at radius 1 is 0.850 bits per heavy atom. The van der Waals surface area contributed by atoms with E-state index in [4.69, 9.17) is 0 Å². The van der Waals surface area contributed by atoms with Gasteiger partial charge < -0.3 is 0 Å². The molecule has 0 aliphatic heterocycles. The standard InChI is InChI=1S/C17H14NO.BrH/c19-17(13-18-10-4-1-5-11-18)16-9-8-14-6-2-3-7-15(14)12-16;/h1-12H,13H2;1H/q+1;. The molecule has 2 nitrogen and oxygen atoms in total. The number of halogens is 1. The fourth-order valence-corrected chi connectivity index (χ4v) is 2.16. The van der Waals surface area contributed by atoms with Gasteiger partial charge in [0.1, 0.15) is 0 Å². The number of nitrogens with zero attached hydrogens (tertiary/aromatic N) is 1. The number of rotatable bonds is 3. The molecule has 0 unspecified atom stereocenters. The Morgan fingerprint density at radius 3 is 2.30 bits per heavy atom. The summed E-state index contributed by atoms with van der Waals surface area (Å²) in [5.74, 6) is 0.127. The Hall–Kier alpha value is -2.00. The van der Waals surface area contributed by atoms with E-state index in [2.05, 4.69) is 6.07 Å². The van der Waals surface area contributed by atoms with Crippen molar-refractivity contribution in [2.24, 2.45) is 0 Å². The van der Waals surface area contributed by atoms with Crippen molar-refractivity contribution in [3.05, 3.63) is 78.6 Å². The van der Waals surface area contributed by atoms with Gasteiger partial charge in [-0.15, -0.1) is 17.0 Å². The minimum atomic E-state index is 0. The van der Waals surface area contributed by atoms with Crippen molar-refractivity contribution in [2.75, 3.05) is 0 Å². The molecule has 0 spiro atoms. The van der Waals surface area contributed by atoms with Crippen molar-refractivity contribution < 1.29 is 9.36 Å². The Morgan fingerprint density at radius 2 is 1.55 bits per heavy atom. The SMILES string of the molecule is Br.O=C(C[n+]1ccccc1)c1ccc2ccccc2c1. The maximum atomic E-state index is 12.2. The smallest absolute Gasteiger partial charge is 0.227 e. The molecule has 1 heterocycles. The second-order valence-electron chi connectivity index (χ2n) is 4.53. The number of benzene rings is 2. The number of aromatic nitrogens is 1. The lowest BCUT2D eigenvalue weighted by molar-refractivity contribution is -0.683. The van der Waals surface area contributed by atoms with Gasteiger partial charge >= 0.3 is 0 Å². The van der Waals surface area contributed by atoms with Crippen LogP contribution in [-0.4, -0.2) is 5.78 Å². The van der Waals surface area contributed by atoms with Crippen LogP contribution < -0.4 is 4.57 Å². The highest BCUT2D eigenvalue weighted by molar-refractivity contribution is 8.93. The van der Waals surface area contributed by atoms with E-state index < -0.39 is 0 Å². The van der Waals surface area contributed by atoms with Crippen LogP contribution in [-0.2, 0) is 6.54 Å². The third-order valence-electron chi connectivity index (χ3n) is 3.17. The van der Waals surface area contributed by atoms with Crippen LogP contribution in [0.15, 0.2) is 73.1 Å². The fraction of sp³-hybridized carbons (Fsp3) is 0.0588. The average Bonchev–Trinajstić information content (AvgIpc) is 2.48. The number of carbonyl (C=O) groups is 1. The van der Waals surface area contributed by atoms with Crippen LogP contribution in [0.5, 0.6) is 0 Å². The first-order chi connectivity index (χ1) is 9.33. The first-order valence-electron chi connectivity index (χ1n) is 6.29. The minimum absolute atomic E-state index is 0. The van der Waals surface area contributed by atoms with Crippen LogP contribution in [0, 0.1) is 0 Å². The molecule has 0 aliphatic carbocycles. The van der Waals surface area contributed by atoms with Gasteiger partial charge in [-0.1, -0.05) is 42.5 Å². The molecule has 20 heavy (non-hydrogen) atoms. The molecule has 0 amide bonds. The van der Waals surface area contributed by atoms with Gasteiger partial charge in [-0.3, -0.25) is 4.79 Å². The molecule has 2 aromatic carbocycles. The number of pyridine rings is 1. The van der Waals surface area contributed by atoms with Crippen LogP contribution in [0.25, 0.3) is 10.8 Å². The van der Waals surface area contributed by atoms with E-state index in [1.807, 2.05) is 71.6 Å². The Labute approximate surface area is 128 Å². The summed E-state index contributed by atoms with van der Waals surface area (Å²) in [5.41, 5.74) is 0.759. The summed E-state index contributed by atoms with van der Waals surface area (Å²) < 4.78 is 1.89. The van der Waals surface area contributed by atoms with E-state index in [0.717, 1.165) is 16.3 Å². The van der Waals surface area contributed by atoms with Crippen LogP contribution in [0.2, 0.25) is 0 Å². The largest absolute Gasteiger partial charge is 0.287 e. The van der Waals surface area contributed by atoms with Gasteiger partial charge in [-0.05, 0) is 16.8 Å². The molecular formula is C17H15BrNO+. The quantitative estimate of drug-likeness (QED) is 0.531. The number of Topliss-reactive ketones (excluding diaryl/α,β-unsaturated/α-hetero) is 1. The third-order valence-corrected chi connectivity index (χ3v) is 3.17. The zero-order chi connectivity index (χ0) is 13.1. The van der Waals surface area contributed by atoms with Gasteiger partial charge in [-0.2, -0.15) is 4.57 Å². The Balaban J connectivity index is 0.00000147. The molecule has 0 radical (unpaired) electrons. The highest BCUT2D eigenvalue weighted by Crippen LogP contribution is 2.15. The van der Waals surface area contributed by atoms with E-state index in [1.165, 1.54) is 0 Å². The highest BCUT2D eigenvalue weighted by Gasteiger charge is 2.11. The van der Waals surface area contributed by atoms with E-state index >= 15 is 0 Å². The van der Waals surface area contributed by atoms with E-state index in [1.54, 1.807) is 0 Å². The number of carbonyl (C=O) groups excluding carboxylic acids is 1. The van der Waals surface area contributed by atoms with E-state index in [-0.39, 0.29) is 22.8 Å². The van der Waals surface area contributed by atoms with Crippen molar-refractivity contribution >= 4 is 33.5 Å². The molecule has 0 saturated carbocycles. The average molecular weight is 329 g/mol. The second-order valence-corrected chi connectivity index (χ2v) is 4.53. The predicted molar refractivity (Wildman–Crippen MR) is 85.2 cm³/mol. The van der Waals surface area contributed by atoms with Crippen LogP contribution in [0.1, 0.15) is 10.4 Å². The van der Waals surface area contributed by atoms with E-state index in [0.29, 0.717) is 6.54 Å². The summed E-state index contributed by atoms with van der Waals surface area (Å²) in [6.07, 6.45) is 3.80. The summed E-state index contributed by atoms with van der Waals surface area (Å²) in [6, 6.07) is 19.7. The monoisotopic (exact) mass is 328 g/mol. The third kappa shape index (κ3) is 3.11. The van der Waals surface area contributed by atoms with Gasteiger partial charge in [0.25, 0.3) is 0 Å². The first-order valence-corrected chi connectivity index (χ1v) is 6.29. The lowest BCUT2D eigenvalue weighted by Gasteiger charge is -2.01. The van der Waals surface area contributed by atoms with Gasteiger partial charge in [-0.25, -0.2) is 0 Å². The topological polar surface area (TPSA) is 20.9 Å². The van der Waals surface area contributed by atoms with Crippen molar-refractivity contribution in [1.29, 1.82) is 0 Å². The van der Waals surface area contributed by atoms with Crippen LogP contribution in [0.3, 0.4) is 0 Å². The first kappa shape index (κ1) is 14.4. The zero-order valence-electron chi connectivity index (χ0n) is 10.9. The highest BCUT2D eigenvalue weighted by atomic mass is 79.9. The summed E-state index contributed by atoms with van der Waals surface area (Å²) in [6.45, 7) is 0.374. The van der Waals surface area contributed by atoms with Crippen molar-refractivity contribution in [3.8, 4) is 0 Å². The number of ketones is 1. The van der Waals surface area contributed by atoms with Crippen LogP contribution in [0.4, 0.5) is 0 Å². The zero-order valence-corrected chi connectivity index (χ0v) is 12.6. The van der Waals surface area contributed by atoms with Gasteiger partial charge in [0.15, 0.2) is 12.4 Å². The second kappa shape index (κ2) is 6.44. The van der Waals surface area contributed by atoms with Crippen molar-refractivity contribution in [2.45, 2.75) is 6.54 Å². The van der Waals surface area contributed by atoms with Crippen LogP contribution >= 0.6 is 17.0 Å². The molecule has 3 rings (SSSR count). The summed E-state index contributed by atoms with van der Waals surface area (Å²) in [7, 11) is 0. The van der Waals surface area contributed by atoms with Gasteiger partial charge in [0.2, 0.25) is 12.3 Å². The number of hydrogen-bond donors (Lipinski definition) is 0.